The zero-order valence-corrected chi connectivity index (χ0v) is 16.4. The van der Waals surface area contributed by atoms with E-state index in [4.69, 9.17) is 5.73 Å². The maximum absolute atomic E-state index is 11.9. The van der Waals surface area contributed by atoms with Gasteiger partial charge in [0.1, 0.15) is 6.54 Å². The highest BCUT2D eigenvalue weighted by atomic mass is 32.1. The van der Waals surface area contributed by atoms with Gasteiger partial charge in [-0.15, -0.1) is 11.3 Å². The summed E-state index contributed by atoms with van der Waals surface area (Å²) in [5.41, 5.74) is 5.36. The number of carbonyl (C=O) groups excluding carboxylic acids is 2. The molecule has 0 aliphatic carbocycles. The maximum atomic E-state index is 11.9. The van der Waals surface area contributed by atoms with Crippen LogP contribution in [0.4, 0.5) is 0 Å². The fourth-order valence-corrected chi connectivity index (χ4v) is 3.72. The summed E-state index contributed by atoms with van der Waals surface area (Å²) in [6.45, 7) is 2.48. The largest absolute Gasteiger partial charge is 0.370 e. The Balaban J connectivity index is 1.99. The van der Waals surface area contributed by atoms with Gasteiger partial charge in [-0.1, -0.05) is 6.07 Å². The first-order chi connectivity index (χ1) is 12.5. The Bertz CT molecular complexity index is 615. The van der Waals surface area contributed by atoms with Gasteiger partial charge in [0.25, 0.3) is 0 Å². The quantitative estimate of drug-likeness (QED) is 0.544. The monoisotopic (exact) mass is 379 g/mol. The van der Waals surface area contributed by atoms with Crippen molar-refractivity contribution in [2.45, 2.75) is 25.7 Å². The number of nitrogens with zero attached hydrogens (tertiary/aromatic N) is 3. The minimum absolute atomic E-state index is 0.0340. The summed E-state index contributed by atoms with van der Waals surface area (Å²) < 4.78 is 0. The number of aliphatic imine (C=N–C) groups is 1. The lowest BCUT2D eigenvalue weighted by Crippen LogP contribution is -2.48. The molecule has 0 aromatic carbocycles. The normalized spacial score (nSPS) is 17.8. The first-order valence-corrected chi connectivity index (χ1v) is 9.87. The number of carbonyl (C=O) groups is 2. The number of nitrogens with one attached hydrogen (secondary N) is 1. The molecule has 3 N–H and O–H groups in total. The number of amides is 2. The van der Waals surface area contributed by atoms with Gasteiger partial charge in [0.2, 0.25) is 11.8 Å². The second kappa shape index (κ2) is 10.2. The molecule has 144 valence electrons. The van der Waals surface area contributed by atoms with E-state index in [2.05, 4.69) is 26.7 Å². The summed E-state index contributed by atoms with van der Waals surface area (Å²) in [5, 5.41) is 5.46. The van der Waals surface area contributed by atoms with Crippen molar-refractivity contribution in [2.75, 3.05) is 40.3 Å². The van der Waals surface area contributed by atoms with Crippen molar-refractivity contribution in [3.63, 3.8) is 0 Å². The summed E-state index contributed by atoms with van der Waals surface area (Å²) in [6, 6.07) is 4.16. The van der Waals surface area contributed by atoms with Crippen molar-refractivity contribution in [2.24, 2.45) is 16.6 Å². The molecular weight excluding hydrogens is 350 g/mol. The standard InChI is InChI=1S/C18H29N5O2S/c1-22(2)17(25)12-21-18(20-8-7-15-6-4-10-26-15)23-9-3-5-14(13-23)11-16(19)24/h4,6,10,14H,3,5,7-9,11-13H2,1-2H3,(H2,19,24)(H,20,21). The van der Waals surface area contributed by atoms with Gasteiger partial charge in [0, 0.05) is 45.0 Å². The average Bonchev–Trinajstić information content (AvgIpc) is 3.10. The molecule has 1 aliphatic rings. The molecule has 26 heavy (non-hydrogen) atoms. The first-order valence-electron chi connectivity index (χ1n) is 8.99. The molecule has 2 heterocycles. The smallest absolute Gasteiger partial charge is 0.243 e. The molecule has 1 saturated heterocycles. The second-order valence-corrected chi connectivity index (χ2v) is 7.84. The number of likely N-dealkylation sites (N-methyl/N-ethyl adjacent to an activating group) is 1. The van der Waals surface area contributed by atoms with E-state index in [0.29, 0.717) is 6.42 Å². The minimum Gasteiger partial charge on any atom is -0.370 e. The highest BCUT2D eigenvalue weighted by molar-refractivity contribution is 7.09. The van der Waals surface area contributed by atoms with E-state index in [9.17, 15) is 9.59 Å². The molecule has 2 rings (SSSR count). The first kappa shape index (κ1) is 20.2. The van der Waals surface area contributed by atoms with E-state index in [1.165, 1.54) is 4.88 Å². The molecule has 0 spiro atoms. The summed E-state index contributed by atoms with van der Waals surface area (Å²) in [6.07, 6.45) is 3.30. The fraction of sp³-hybridized carbons (Fsp3) is 0.611. The van der Waals surface area contributed by atoms with Crippen LogP contribution in [0.25, 0.3) is 0 Å². The molecule has 1 unspecified atom stereocenters. The van der Waals surface area contributed by atoms with E-state index in [0.717, 1.165) is 44.9 Å². The van der Waals surface area contributed by atoms with E-state index >= 15 is 0 Å². The van der Waals surface area contributed by atoms with Gasteiger partial charge in [-0.2, -0.15) is 0 Å². The van der Waals surface area contributed by atoms with E-state index in [-0.39, 0.29) is 24.3 Å². The van der Waals surface area contributed by atoms with Crippen LogP contribution in [0.3, 0.4) is 0 Å². The third-order valence-corrected chi connectivity index (χ3v) is 5.34. The molecule has 0 saturated carbocycles. The van der Waals surface area contributed by atoms with Gasteiger partial charge in [0.05, 0.1) is 0 Å². The minimum atomic E-state index is -0.260. The SMILES string of the molecule is CN(C)C(=O)CN=C(NCCc1cccs1)N1CCCC(CC(N)=O)C1. The van der Waals surface area contributed by atoms with Crippen LogP contribution in [0.5, 0.6) is 0 Å². The molecule has 2 amide bonds. The Morgan fingerprint density at radius 2 is 2.27 bits per heavy atom. The number of hydrogen-bond donors (Lipinski definition) is 2. The number of nitrogens with two attached hydrogens (primary N) is 1. The fourth-order valence-electron chi connectivity index (χ4n) is 3.01. The van der Waals surface area contributed by atoms with Crippen LogP contribution in [-0.2, 0) is 16.0 Å². The van der Waals surface area contributed by atoms with Crippen molar-refractivity contribution >= 4 is 29.1 Å². The van der Waals surface area contributed by atoms with Crippen molar-refractivity contribution < 1.29 is 9.59 Å². The Labute approximate surface area is 159 Å². The predicted octanol–water partition coefficient (Wildman–Crippen LogP) is 0.912. The lowest BCUT2D eigenvalue weighted by Gasteiger charge is -2.34. The Morgan fingerprint density at radius 1 is 1.46 bits per heavy atom. The van der Waals surface area contributed by atoms with Gasteiger partial charge >= 0.3 is 0 Å². The molecule has 7 nitrogen and oxygen atoms in total. The number of thiophene rings is 1. The Morgan fingerprint density at radius 3 is 2.92 bits per heavy atom. The highest BCUT2D eigenvalue weighted by Crippen LogP contribution is 2.19. The third kappa shape index (κ3) is 6.67. The van der Waals surface area contributed by atoms with E-state index in [1.54, 1.807) is 30.3 Å². The molecule has 0 radical (unpaired) electrons. The van der Waals surface area contributed by atoms with Crippen LogP contribution in [0.15, 0.2) is 22.5 Å². The number of primary amides is 1. The van der Waals surface area contributed by atoms with Crippen molar-refractivity contribution in [1.29, 1.82) is 0 Å². The second-order valence-electron chi connectivity index (χ2n) is 6.81. The zero-order valence-electron chi connectivity index (χ0n) is 15.6. The zero-order chi connectivity index (χ0) is 18.9. The van der Waals surface area contributed by atoms with Crippen molar-refractivity contribution in [3.05, 3.63) is 22.4 Å². The lowest BCUT2D eigenvalue weighted by atomic mass is 9.95. The van der Waals surface area contributed by atoms with Crippen LogP contribution in [0.2, 0.25) is 0 Å². The molecular formula is C18H29N5O2S. The summed E-state index contributed by atoms with van der Waals surface area (Å²) in [7, 11) is 3.46. The van der Waals surface area contributed by atoms with Gasteiger partial charge in [-0.25, -0.2) is 4.99 Å². The van der Waals surface area contributed by atoms with E-state index in [1.807, 2.05) is 6.07 Å². The predicted molar refractivity (Wildman–Crippen MR) is 105 cm³/mol. The number of piperidine rings is 1. The Kier molecular flexibility index (Phi) is 7.90. The van der Waals surface area contributed by atoms with Crippen LogP contribution in [0.1, 0.15) is 24.1 Å². The summed E-state index contributed by atoms with van der Waals surface area (Å²) >= 11 is 1.73. The number of likely N-dealkylation sites (tertiary alicyclic amines) is 1. The topological polar surface area (TPSA) is 91.0 Å². The molecule has 8 heteroatoms. The molecule has 1 aromatic heterocycles. The third-order valence-electron chi connectivity index (χ3n) is 4.41. The molecule has 1 aliphatic heterocycles. The number of rotatable bonds is 7. The van der Waals surface area contributed by atoms with Crippen LogP contribution < -0.4 is 11.1 Å². The van der Waals surface area contributed by atoms with Crippen LogP contribution in [-0.4, -0.2) is 67.8 Å². The Hall–Kier alpha value is -2.09. The van der Waals surface area contributed by atoms with Gasteiger partial charge in [0.15, 0.2) is 5.96 Å². The molecule has 1 fully saturated rings. The molecule has 1 aromatic rings. The maximum Gasteiger partial charge on any atom is 0.243 e. The number of guanidine groups is 1. The summed E-state index contributed by atoms with van der Waals surface area (Å²) in [4.78, 5) is 32.7. The lowest BCUT2D eigenvalue weighted by molar-refractivity contribution is -0.127. The average molecular weight is 380 g/mol. The van der Waals surface area contributed by atoms with Crippen LogP contribution in [0, 0.1) is 5.92 Å². The molecule has 0 bridgehead atoms. The molecule has 1 atom stereocenters. The van der Waals surface area contributed by atoms with E-state index < -0.39 is 0 Å². The summed E-state index contributed by atoms with van der Waals surface area (Å²) in [5.74, 6) is 0.693. The van der Waals surface area contributed by atoms with Gasteiger partial charge in [-0.3, -0.25) is 9.59 Å². The van der Waals surface area contributed by atoms with Gasteiger partial charge in [-0.05, 0) is 36.6 Å². The van der Waals surface area contributed by atoms with Crippen LogP contribution >= 0.6 is 11.3 Å². The highest BCUT2D eigenvalue weighted by Gasteiger charge is 2.24. The van der Waals surface area contributed by atoms with Crippen molar-refractivity contribution in [1.82, 2.24) is 15.1 Å². The van der Waals surface area contributed by atoms with Gasteiger partial charge < -0.3 is 20.9 Å². The van der Waals surface area contributed by atoms with Crippen molar-refractivity contribution in [3.8, 4) is 0 Å². The number of hydrogen-bond acceptors (Lipinski definition) is 4.